The van der Waals surface area contributed by atoms with Gasteiger partial charge in [0.05, 0.1) is 23.4 Å². The third kappa shape index (κ3) is 4.20. The molecule has 0 saturated carbocycles. The second-order valence-corrected chi connectivity index (χ2v) is 6.38. The van der Waals surface area contributed by atoms with Gasteiger partial charge in [0.1, 0.15) is 5.75 Å². The summed E-state index contributed by atoms with van der Waals surface area (Å²) >= 11 is 6.09. The first-order valence-corrected chi connectivity index (χ1v) is 8.66. The van der Waals surface area contributed by atoms with Crippen molar-refractivity contribution in [3.8, 4) is 5.75 Å². The van der Waals surface area contributed by atoms with E-state index in [2.05, 4.69) is 5.32 Å². The summed E-state index contributed by atoms with van der Waals surface area (Å²) in [6.07, 6.45) is 0. The van der Waals surface area contributed by atoms with Gasteiger partial charge in [-0.1, -0.05) is 41.9 Å². The molecule has 3 rings (SSSR count). The van der Waals surface area contributed by atoms with E-state index in [4.69, 9.17) is 21.1 Å². The Morgan fingerprint density at radius 2 is 1.78 bits per heavy atom. The van der Waals surface area contributed by atoms with Crippen LogP contribution in [0, 0.1) is 6.92 Å². The molecule has 0 aliphatic carbocycles. The van der Waals surface area contributed by atoms with Crippen LogP contribution in [0.4, 0.5) is 5.69 Å². The zero-order chi connectivity index (χ0) is 19.4. The zero-order valence-corrected chi connectivity index (χ0v) is 15.7. The van der Waals surface area contributed by atoms with E-state index in [0.29, 0.717) is 27.4 Å². The van der Waals surface area contributed by atoms with Crippen LogP contribution in [0.3, 0.4) is 0 Å². The molecule has 0 aliphatic rings. The molecular formula is C21H18ClNO4. The molecule has 138 valence electrons. The first-order valence-electron chi connectivity index (χ1n) is 8.28. The Bertz CT molecular complexity index is 1020. The number of fused-ring (bicyclic) bond motifs is 1. The number of aryl methyl sites for hydroxylation is 1. The normalized spacial score (nSPS) is 10.5. The molecule has 0 atom stereocenters. The lowest BCUT2D eigenvalue weighted by Crippen LogP contribution is -2.21. The van der Waals surface area contributed by atoms with Gasteiger partial charge in [-0.15, -0.1) is 0 Å². The minimum absolute atomic E-state index is 0.368. The first kappa shape index (κ1) is 18.7. The van der Waals surface area contributed by atoms with Gasteiger partial charge in [-0.05, 0) is 42.1 Å². The zero-order valence-electron chi connectivity index (χ0n) is 14.9. The molecule has 0 unspecified atom stereocenters. The number of halogens is 1. The summed E-state index contributed by atoms with van der Waals surface area (Å²) in [5, 5.41) is 4.55. The highest BCUT2D eigenvalue weighted by Gasteiger charge is 2.16. The number of ether oxygens (including phenoxy) is 2. The van der Waals surface area contributed by atoms with Crippen LogP contribution >= 0.6 is 11.6 Å². The molecule has 0 saturated heterocycles. The molecule has 3 aromatic rings. The lowest BCUT2D eigenvalue weighted by molar-refractivity contribution is -0.119. The average molecular weight is 384 g/mol. The molecule has 27 heavy (non-hydrogen) atoms. The summed E-state index contributed by atoms with van der Waals surface area (Å²) in [6, 6.07) is 15.9. The van der Waals surface area contributed by atoms with Gasteiger partial charge in [0.2, 0.25) is 0 Å². The van der Waals surface area contributed by atoms with Gasteiger partial charge < -0.3 is 14.8 Å². The lowest BCUT2D eigenvalue weighted by Gasteiger charge is -2.11. The quantitative estimate of drug-likeness (QED) is 0.653. The monoisotopic (exact) mass is 383 g/mol. The summed E-state index contributed by atoms with van der Waals surface area (Å²) in [6.45, 7) is 1.49. The van der Waals surface area contributed by atoms with E-state index in [0.717, 1.165) is 10.9 Å². The van der Waals surface area contributed by atoms with Gasteiger partial charge in [0.15, 0.2) is 6.61 Å². The van der Waals surface area contributed by atoms with Crippen molar-refractivity contribution in [3.63, 3.8) is 0 Å². The molecular weight excluding hydrogens is 366 g/mol. The highest BCUT2D eigenvalue weighted by atomic mass is 35.5. The van der Waals surface area contributed by atoms with Crippen LogP contribution in [0.15, 0.2) is 54.6 Å². The molecule has 0 bridgehead atoms. The fourth-order valence-corrected chi connectivity index (χ4v) is 3.03. The van der Waals surface area contributed by atoms with Crippen LogP contribution in [-0.4, -0.2) is 25.6 Å². The number of carbonyl (C=O) groups excluding carboxylic acids is 2. The van der Waals surface area contributed by atoms with Gasteiger partial charge in [-0.25, -0.2) is 4.79 Å². The number of hydrogen-bond acceptors (Lipinski definition) is 4. The van der Waals surface area contributed by atoms with E-state index in [1.165, 1.54) is 0 Å². The molecule has 6 heteroatoms. The SMILES string of the molecule is COc1ccc(C(=O)OCC(=O)Nc2ccc(C)cc2Cl)c2ccccc12. The van der Waals surface area contributed by atoms with Crippen molar-refractivity contribution in [2.45, 2.75) is 6.92 Å². The van der Waals surface area contributed by atoms with Crippen LogP contribution in [0.2, 0.25) is 5.02 Å². The maximum atomic E-state index is 12.5. The summed E-state index contributed by atoms with van der Waals surface area (Å²) in [4.78, 5) is 24.5. The van der Waals surface area contributed by atoms with Gasteiger partial charge in [0, 0.05) is 5.39 Å². The van der Waals surface area contributed by atoms with Gasteiger partial charge in [-0.2, -0.15) is 0 Å². The number of methoxy groups -OCH3 is 1. The summed E-state index contributed by atoms with van der Waals surface area (Å²) < 4.78 is 10.5. The molecule has 1 amide bonds. The number of amides is 1. The molecule has 0 fully saturated rings. The fraction of sp³-hybridized carbons (Fsp3) is 0.143. The third-order valence-electron chi connectivity index (χ3n) is 4.06. The van der Waals surface area contributed by atoms with Crippen LogP contribution in [0.25, 0.3) is 10.8 Å². The Balaban J connectivity index is 1.71. The highest BCUT2D eigenvalue weighted by molar-refractivity contribution is 6.33. The molecule has 0 radical (unpaired) electrons. The first-order chi connectivity index (χ1) is 13.0. The number of nitrogens with one attached hydrogen (secondary N) is 1. The predicted octanol–water partition coefficient (Wildman–Crippen LogP) is 4.61. The van der Waals surface area contributed by atoms with Crippen molar-refractivity contribution in [1.29, 1.82) is 0 Å². The second kappa shape index (κ2) is 8.10. The number of benzene rings is 3. The summed E-state index contributed by atoms with van der Waals surface area (Å²) in [5.74, 6) is -0.389. The van der Waals surface area contributed by atoms with E-state index in [1.807, 2.05) is 31.2 Å². The topological polar surface area (TPSA) is 64.6 Å². The van der Waals surface area contributed by atoms with E-state index >= 15 is 0 Å². The van der Waals surface area contributed by atoms with Crippen LogP contribution in [-0.2, 0) is 9.53 Å². The number of hydrogen-bond donors (Lipinski definition) is 1. The predicted molar refractivity (Wildman–Crippen MR) is 106 cm³/mol. The molecule has 5 nitrogen and oxygen atoms in total. The van der Waals surface area contributed by atoms with E-state index in [-0.39, 0.29) is 0 Å². The summed E-state index contributed by atoms with van der Waals surface area (Å²) in [7, 11) is 1.57. The number of esters is 1. The van der Waals surface area contributed by atoms with Crippen LogP contribution in [0.5, 0.6) is 5.75 Å². The minimum atomic E-state index is -0.584. The number of rotatable bonds is 5. The molecule has 0 spiro atoms. The van der Waals surface area contributed by atoms with Gasteiger partial charge in [-0.3, -0.25) is 4.79 Å². The van der Waals surface area contributed by atoms with Gasteiger partial charge in [0.25, 0.3) is 5.91 Å². The Hall–Kier alpha value is -3.05. The maximum Gasteiger partial charge on any atom is 0.339 e. The highest BCUT2D eigenvalue weighted by Crippen LogP contribution is 2.28. The second-order valence-electron chi connectivity index (χ2n) is 5.97. The van der Waals surface area contributed by atoms with Crippen molar-refractivity contribution in [3.05, 3.63) is 70.7 Å². The molecule has 0 aliphatic heterocycles. The Morgan fingerprint density at radius 3 is 2.48 bits per heavy atom. The van der Waals surface area contributed by atoms with E-state index < -0.39 is 18.5 Å². The molecule has 0 aromatic heterocycles. The number of carbonyl (C=O) groups is 2. The van der Waals surface area contributed by atoms with Crippen molar-refractivity contribution in [1.82, 2.24) is 0 Å². The van der Waals surface area contributed by atoms with Crippen LogP contribution in [0.1, 0.15) is 15.9 Å². The van der Waals surface area contributed by atoms with Crippen molar-refractivity contribution < 1.29 is 19.1 Å². The Labute approximate surface area is 161 Å². The molecule has 0 heterocycles. The Kier molecular flexibility index (Phi) is 5.62. The maximum absolute atomic E-state index is 12.5. The standard InChI is InChI=1S/C21H18ClNO4/c1-13-7-9-18(17(22)11-13)23-20(24)12-27-21(25)16-8-10-19(26-2)15-6-4-3-5-14(15)16/h3-11H,12H2,1-2H3,(H,23,24). The van der Waals surface area contributed by atoms with Gasteiger partial charge >= 0.3 is 5.97 Å². The smallest absolute Gasteiger partial charge is 0.339 e. The average Bonchev–Trinajstić information content (AvgIpc) is 2.67. The van der Waals surface area contributed by atoms with E-state index in [9.17, 15) is 9.59 Å². The van der Waals surface area contributed by atoms with E-state index in [1.54, 1.807) is 37.4 Å². The Morgan fingerprint density at radius 1 is 1.04 bits per heavy atom. The molecule has 1 N–H and O–H groups in total. The van der Waals surface area contributed by atoms with Crippen molar-refractivity contribution in [2.75, 3.05) is 19.0 Å². The molecule has 3 aromatic carbocycles. The van der Waals surface area contributed by atoms with Crippen molar-refractivity contribution in [2.24, 2.45) is 0 Å². The number of anilines is 1. The lowest BCUT2D eigenvalue weighted by atomic mass is 10.0. The minimum Gasteiger partial charge on any atom is -0.496 e. The van der Waals surface area contributed by atoms with Crippen LogP contribution < -0.4 is 10.1 Å². The fourth-order valence-electron chi connectivity index (χ4n) is 2.74. The third-order valence-corrected chi connectivity index (χ3v) is 4.37. The van der Waals surface area contributed by atoms with Crippen molar-refractivity contribution >= 4 is 39.9 Å². The summed E-state index contributed by atoms with van der Waals surface area (Å²) in [5.41, 5.74) is 1.82. The largest absolute Gasteiger partial charge is 0.496 e.